The van der Waals surface area contributed by atoms with Crippen LogP contribution in [-0.4, -0.2) is 40.7 Å². The number of ether oxygens (including phenoxy) is 3. The second-order valence-corrected chi connectivity index (χ2v) is 7.71. The average molecular weight is 452 g/mol. The molecule has 4 aromatic rings. The molecule has 0 fully saturated rings. The predicted molar refractivity (Wildman–Crippen MR) is 117 cm³/mol. The molecule has 1 aliphatic rings. The zero-order valence-electron chi connectivity index (χ0n) is 18.2. The van der Waals surface area contributed by atoms with E-state index in [0.29, 0.717) is 51.6 Å². The summed E-state index contributed by atoms with van der Waals surface area (Å²) < 4.78 is 37.2. The van der Waals surface area contributed by atoms with Gasteiger partial charge in [-0.3, -0.25) is 4.79 Å². The smallest absolute Gasteiger partial charge is 0.260 e. The van der Waals surface area contributed by atoms with Crippen LogP contribution in [0.15, 0.2) is 41.1 Å². The number of nitrogens with one attached hydrogen (secondary N) is 1. The van der Waals surface area contributed by atoms with Gasteiger partial charge in [0.1, 0.15) is 5.76 Å². The van der Waals surface area contributed by atoms with Gasteiger partial charge < -0.3 is 23.9 Å². The highest BCUT2D eigenvalue weighted by Crippen LogP contribution is 2.39. The van der Waals surface area contributed by atoms with E-state index in [4.69, 9.17) is 18.6 Å². The number of nitrogens with zero attached hydrogens (tertiary/aromatic N) is 3. The van der Waals surface area contributed by atoms with Crippen molar-refractivity contribution in [1.29, 1.82) is 0 Å². The van der Waals surface area contributed by atoms with Gasteiger partial charge in [0.15, 0.2) is 23.0 Å². The third kappa shape index (κ3) is 3.78. The molecule has 0 spiro atoms. The minimum atomic E-state index is -0.520. The van der Waals surface area contributed by atoms with E-state index in [2.05, 4.69) is 15.4 Å². The quantitative estimate of drug-likeness (QED) is 0.469. The van der Waals surface area contributed by atoms with Crippen LogP contribution < -0.4 is 14.8 Å². The van der Waals surface area contributed by atoms with Crippen LogP contribution >= 0.6 is 0 Å². The molecule has 33 heavy (non-hydrogen) atoms. The van der Waals surface area contributed by atoms with E-state index in [-0.39, 0.29) is 24.6 Å². The minimum absolute atomic E-state index is 0.0267. The van der Waals surface area contributed by atoms with Crippen molar-refractivity contribution in [2.45, 2.75) is 26.5 Å². The normalized spacial score (nSPS) is 13.5. The molecule has 3 aromatic heterocycles. The fraction of sp³-hybridized carbons (Fsp3) is 0.261. The van der Waals surface area contributed by atoms with Crippen LogP contribution in [0.5, 0.6) is 11.5 Å². The molecule has 1 atom stereocenters. The maximum Gasteiger partial charge on any atom is 0.260 e. The van der Waals surface area contributed by atoms with E-state index in [1.165, 1.54) is 12.3 Å². The molecular weight excluding hydrogens is 431 g/mol. The van der Waals surface area contributed by atoms with Crippen LogP contribution in [0.2, 0.25) is 0 Å². The van der Waals surface area contributed by atoms with Crippen molar-refractivity contribution in [1.82, 2.24) is 14.8 Å². The summed E-state index contributed by atoms with van der Waals surface area (Å²) in [7, 11) is 1.61. The third-order valence-electron chi connectivity index (χ3n) is 5.52. The number of amides is 1. The van der Waals surface area contributed by atoms with Crippen molar-refractivity contribution < 1.29 is 27.8 Å². The molecule has 1 N–H and O–H groups in total. The molecule has 0 bridgehead atoms. The van der Waals surface area contributed by atoms with Crippen LogP contribution in [0.25, 0.3) is 22.2 Å². The lowest BCUT2D eigenvalue weighted by molar-refractivity contribution is 0.101. The Hall–Kier alpha value is -3.92. The molecule has 0 saturated carbocycles. The van der Waals surface area contributed by atoms with Crippen LogP contribution in [-0.2, 0) is 11.3 Å². The number of methoxy groups -OCH3 is 1. The number of carbonyl (C=O) groups is 1. The molecule has 9 nitrogen and oxygen atoms in total. The molecule has 1 aromatic carbocycles. The number of anilines is 1. The standard InChI is InChI=1S/C23H21FN4O5/c1-12(30-3)10-28-22-17(21(27-28)26-23(29)16-4-5-31-13(16)2)6-15(9-25-22)14-7-18(24)20-19(8-14)32-11-33-20/h4-9,12H,10-11H2,1-3H3,(H,26,27,29). The zero-order valence-corrected chi connectivity index (χ0v) is 18.2. The summed E-state index contributed by atoms with van der Waals surface area (Å²) in [6.45, 7) is 4.02. The molecule has 10 heteroatoms. The molecule has 1 unspecified atom stereocenters. The topological polar surface area (TPSA) is 101 Å². The fourth-order valence-electron chi connectivity index (χ4n) is 3.68. The average Bonchev–Trinajstić information content (AvgIpc) is 3.53. The Labute approximate surface area is 188 Å². The number of furan rings is 1. The number of halogens is 1. The first-order chi connectivity index (χ1) is 15.9. The first-order valence-corrected chi connectivity index (χ1v) is 10.3. The predicted octanol–water partition coefficient (Wildman–Crippen LogP) is 4.15. The van der Waals surface area contributed by atoms with Gasteiger partial charge in [0, 0.05) is 18.9 Å². The van der Waals surface area contributed by atoms with Crippen molar-refractivity contribution in [2.24, 2.45) is 0 Å². The van der Waals surface area contributed by atoms with Crippen molar-refractivity contribution in [3.63, 3.8) is 0 Å². The van der Waals surface area contributed by atoms with Gasteiger partial charge in [-0.2, -0.15) is 5.10 Å². The summed E-state index contributed by atoms with van der Waals surface area (Å²) >= 11 is 0. The number of hydrogen-bond donors (Lipinski definition) is 1. The lowest BCUT2D eigenvalue weighted by Gasteiger charge is -2.09. The number of pyridine rings is 1. The zero-order chi connectivity index (χ0) is 23.1. The van der Waals surface area contributed by atoms with Crippen LogP contribution in [0, 0.1) is 12.7 Å². The van der Waals surface area contributed by atoms with Crippen molar-refractivity contribution in [3.8, 4) is 22.6 Å². The second-order valence-electron chi connectivity index (χ2n) is 7.71. The maximum atomic E-state index is 14.5. The first-order valence-electron chi connectivity index (χ1n) is 10.3. The number of hydrogen-bond acceptors (Lipinski definition) is 7. The van der Waals surface area contributed by atoms with Gasteiger partial charge in [-0.15, -0.1) is 0 Å². The minimum Gasteiger partial charge on any atom is -0.469 e. The first kappa shape index (κ1) is 21.0. The molecule has 1 aliphatic heterocycles. The Kier molecular flexibility index (Phi) is 5.21. The van der Waals surface area contributed by atoms with Crippen LogP contribution in [0.3, 0.4) is 0 Å². The van der Waals surface area contributed by atoms with Gasteiger partial charge in [-0.25, -0.2) is 14.1 Å². The molecular formula is C23H21FN4O5. The Balaban J connectivity index is 1.59. The van der Waals surface area contributed by atoms with Gasteiger partial charge in [0.05, 0.1) is 29.9 Å². The van der Waals surface area contributed by atoms with E-state index in [0.717, 1.165) is 0 Å². The fourth-order valence-corrected chi connectivity index (χ4v) is 3.68. The number of fused-ring (bicyclic) bond motifs is 2. The largest absolute Gasteiger partial charge is 0.469 e. The van der Waals surface area contributed by atoms with E-state index in [9.17, 15) is 9.18 Å². The highest BCUT2D eigenvalue weighted by atomic mass is 19.1. The van der Waals surface area contributed by atoms with Gasteiger partial charge in [-0.05, 0) is 43.7 Å². The lowest BCUT2D eigenvalue weighted by Crippen LogP contribution is -2.17. The highest BCUT2D eigenvalue weighted by Gasteiger charge is 2.22. The van der Waals surface area contributed by atoms with Gasteiger partial charge in [0.25, 0.3) is 5.91 Å². The molecule has 0 aliphatic carbocycles. The van der Waals surface area contributed by atoms with Gasteiger partial charge in [-0.1, -0.05) is 0 Å². The molecule has 5 rings (SSSR count). The van der Waals surface area contributed by atoms with Crippen molar-refractivity contribution in [3.05, 3.63) is 53.9 Å². The van der Waals surface area contributed by atoms with Crippen molar-refractivity contribution >= 4 is 22.8 Å². The molecule has 1 amide bonds. The summed E-state index contributed by atoms with van der Waals surface area (Å²) in [4.78, 5) is 17.4. The van der Waals surface area contributed by atoms with Crippen molar-refractivity contribution in [2.75, 3.05) is 19.2 Å². The maximum absolute atomic E-state index is 14.5. The Morgan fingerprint density at radius 1 is 1.30 bits per heavy atom. The summed E-state index contributed by atoms with van der Waals surface area (Å²) in [5.41, 5.74) is 2.16. The highest BCUT2D eigenvalue weighted by molar-refractivity contribution is 6.08. The monoisotopic (exact) mass is 452 g/mol. The third-order valence-corrected chi connectivity index (χ3v) is 5.52. The molecule has 0 radical (unpaired) electrons. The number of benzene rings is 1. The molecule has 0 saturated heterocycles. The van der Waals surface area contributed by atoms with Gasteiger partial charge in [0.2, 0.25) is 12.5 Å². The number of aryl methyl sites for hydroxylation is 1. The summed E-state index contributed by atoms with van der Waals surface area (Å²) in [5, 5.41) is 8.00. The number of aromatic nitrogens is 3. The van der Waals surface area contributed by atoms with E-state index < -0.39 is 5.82 Å². The number of rotatable bonds is 6. The lowest BCUT2D eigenvalue weighted by atomic mass is 10.1. The van der Waals surface area contributed by atoms with Crippen LogP contribution in [0.4, 0.5) is 10.2 Å². The van der Waals surface area contributed by atoms with Crippen LogP contribution in [0.1, 0.15) is 23.0 Å². The number of carbonyl (C=O) groups excluding carboxylic acids is 1. The summed E-state index contributed by atoms with van der Waals surface area (Å²) in [5.74, 6) is 0.380. The van der Waals surface area contributed by atoms with Gasteiger partial charge >= 0.3 is 0 Å². The molecule has 170 valence electrons. The second kappa shape index (κ2) is 8.21. The Morgan fingerprint density at radius 2 is 2.15 bits per heavy atom. The van der Waals surface area contributed by atoms with E-state index >= 15 is 0 Å². The summed E-state index contributed by atoms with van der Waals surface area (Å²) in [6.07, 6.45) is 2.95. The Bertz CT molecular complexity index is 1360. The molecule has 4 heterocycles. The van der Waals surface area contributed by atoms with E-state index in [1.807, 2.05) is 6.92 Å². The van der Waals surface area contributed by atoms with E-state index in [1.54, 1.807) is 43.1 Å². The Morgan fingerprint density at radius 3 is 2.91 bits per heavy atom. The SMILES string of the molecule is COC(C)Cn1nc(NC(=O)c2ccoc2C)c2cc(-c3cc(F)c4c(c3)OCO4)cnc21. The summed E-state index contributed by atoms with van der Waals surface area (Å²) in [6, 6.07) is 6.45.